The number of nitriles is 1. The van der Waals surface area contributed by atoms with Crippen molar-refractivity contribution in [3.8, 4) is 6.07 Å². The maximum Gasteiger partial charge on any atom is 0.116 e. The van der Waals surface area contributed by atoms with Crippen LogP contribution in [0.2, 0.25) is 0 Å². The van der Waals surface area contributed by atoms with Gasteiger partial charge in [-0.05, 0) is 23.6 Å². The molecule has 0 spiro atoms. The second-order valence-electron chi connectivity index (χ2n) is 5.03. The summed E-state index contributed by atoms with van der Waals surface area (Å²) in [6.45, 7) is 6.58. The minimum Gasteiger partial charge on any atom is -0.385 e. The lowest BCUT2D eigenvalue weighted by molar-refractivity contribution is 0.443. The van der Waals surface area contributed by atoms with E-state index in [4.69, 9.17) is 5.26 Å². The predicted molar refractivity (Wildman–Crippen MR) is 63.9 cm³/mol. The second-order valence-corrected chi connectivity index (χ2v) is 5.03. The third kappa shape index (κ3) is 3.54. The summed E-state index contributed by atoms with van der Waals surface area (Å²) in [7, 11) is 0. The van der Waals surface area contributed by atoms with E-state index >= 15 is 0 Å². The highest BCUT2D eigenvalue weighted by atomic mass is 19.1. The average molecular weight is 220 g/mol. The second kappa shape index (κ2) is 4.98. The maximum absolute atomic E-state index is 12.6. The van der Waals surface area contributed by atoms with Crippen LogP contribution in [0.1, 0.15) is 31.9 Å². The number of benzene rings is 1. The fraction of sp³-hybridized carbons (Fsp3) is 0.462. The Kier molecular flexibility index (Phi) is 3.89. The first-order valence-corrected chi connectivity index (χ1v) is 5.29. The standard InChI is InChI=1S/C13H17FN2/c1-13(2,3)9-16-12-5-4-10(8-15)11(6-12)7-14/h4-6,16H,7,9H2,1-3H3. The van der Waals surface area contributed by atoms with Gasteiger partial charge >= 0.3 is 0 Å². The summed E-state index contributed by atoms with van der Waals surface area (Å²) in [6, 6.07) is 7.14. The van der Waals surface area contributed by atoms with Crippen LogP contribution in [-0.2, 0) is 6.67 Å². The molecule has 0 unspecified atom stereocenters. The molecule has 0 heterocycles. The predicted octanol–water partition coefficient (Wildman–Crippen LogP) is 3.49. The van der Waals surface area contributed by atoms with E-state index in [0.717, 1.165) is 12.2 Å². The maximum atomic E-state index is 12.6. The summed E-state index contributed by atoms with van der Waals surface area (Å²) in [6.07, 6.45) is 0. The van der Waals surface area contributed by atoms with Crippen molar-refractivity contribution < 1.29 is 4.39 Å². The van der Waals surface area contributed by atoms with Crippen LogP contribution in [0.5, 0.6) is 0 Å². The van der Waals surface area contributed by atoms with Crippen molar-refractivity contribution in [3.05, 3.63) is 29.3 Å². The quantitative estimate of drug-likeness (QED) is 0.846. The van der Waals surface area contributed by atoms with Gasteiger partial charge in [-0.3, -0.25) is 0 Å². The number of hydrogen-bond acceptors (Lipinski definition) is 2. The van der Waals surface area contributed by atoms with E-state index in [0.29, 0.717) is 11.1 Å². The third-order valence-electron chi connectivity index (χ3n) is 2.19. The van der Waals surface area contributed by atoms with E-state index in [-0.39, 0.29) is 5.41 Å². The van der Waals surface area contributed by atoms with E-state index in [1.165, 1.54) is 0 Å². The van der Waals surface area contributed by atoms with Gasteiger partial charge in [-0.25, -0.2) is 4.39 Å². The SMILES string of the molecule is CC(C)(C)CNc1ccc(C#N)c(CF)c1. The van der Waals surface area contributed by atoms with Crippen molar-refractivity contribution in [2.24, 2.45) is 5.41 Å². The van der Waals surface area contributed by atoms with E-state index < -0.39 is 6.67 Å². The van der Waals surface area contributed by atoms with Gasteiger partial charge in [0.1, 0.15) is 6.67 Å². The monoisotopic (exact) mass is 220 g/mol. The molecular formula is C13H17FN2. The van der Waals surface area contributed by atoms with Crippen LogP contribution >= 0.6 is 0 Å². The molecule has 0 aliphatic rings. The minimum absolute atomic E-state index is 0.170. The highest BCUT2D eigenvalue weighted by Crippen LogP contribution is 2.19. The molecule has 1 N–H and O–H groups in total. The molecule has 0 radical (unpaired) electrons. The number of halogens is 1. The Hall–Kier alpha value is -1.56. The molecule has 0 amide bonds. The first-order chi connectivity index (χ1) is 7.46. The molecule has 1 aromatic carbocycles. The summed E-state index contributed by atoms with van der Waals surface area (Å²) in [5, 5.41) is 12.0. The number of nitrogens with zero attached hydrogens (tertiary/aromatic N) is 1. The summed E-state index contributed by atoms with van der Waals surface area (Å²) in [5.74, 6) is 0. The Balaban J connectivity index is 2.80. The first-order valence-electron chi connectivity index (χ1n) is 5.29. The third-order valence-corrected chi connectivity index (χ3v) is 2.19. The lowest BCUT2D eigenvalue weighted by Gasteiger charge is -2.20. The zero-order chi connectivity index (χ0) is 12.2. The summed E-state index contributed by atoms with van der Waals surface area (Å²) >= 11 is 0. The molecular weight excluding hydrogens is 203 g/mol. The molecule has 3 heteroatoms. The number of alkyl halides is 1. The molecule has 1 aromatic rings. The van der Waals surface area contributed by atoms with Gasteiger partial charge in [0.15, 0.2) is 0 Å². The van der Waals surface area contributed by atoms with Gasteiger partial charge in [0, 0.05) is 17.8 Å². The van der Waals surface area contributed by atoms with Crippen LogP contribution in [0.15, 0.2) is 18.2 Å². The van der Waals surface area contributed by atoms with Crippen LogP contribution in [-0.4, -0.2) is 6.54 Å². The van der Waals surface area contributed by atoms with E-state index in [2.05, 4.69) is 26.1 Å². The van der Waals surface area contributed by atoms with Crippen LogP contribution in [0.25, 0.3) is 0 Å². The van der Waals surface area contributed by atoms with Crippen molar-refractivity contribution in [3.63, 3.8) is 0 Å². The van der Waals surface area contributed by atoms with E-state index in [1.54, 1.807) is 12.1 Å². The number of hydrogen-bond donors (Lipinski definition) is 1. The molecule has 0 atom stereocenters. The molecule has 0 saturated heterocycles. The smallest absolute Gasteiger partial charge is 0.116 e. The molecule has 0 saturated carbocycles. The van der Waals surface area contributed by atoms with Crippen LogP contribution < -0.4 is 5.32 Å². The van der Waals surface area contributed by atoms with Gasteiger partial charge < -0.3 is 5.32 Å². The van der Waals surface area contributed by atoms with Crippen molar-refractivity contribution in [1.82, 2.24) is 0 Å². The molecule has 0 aliphatic carbocycles. The van der Waals surface area contributed by atoms with Crippen molar-refractivity contribution in [2.75, 3.05) is 11.9 Å². The molecule has 16 heavy (non-hydrogen) atoms. The van der Waals surface area contributed by atoms with Gasteiger partial charge in [0.2, 0.25) is 0 Å². The number of nitrogens with one attached hydrogen (secondary N) is 1. The summed E-state index contributed by atoms with van der Waals surface area (Å²) < 4.78 is 12.6. The van der Waals surface area contributed by atoms with Gasteiger partial charge in [-0.1, -0.05) is 20.8 Å². The van der Waals surface area contributed by atoms with Crippen molar-refractivity contribution in [1.29, 1.82) is 5.26 Å². The average Bonchev–Trinajstić information content (AvgIpc) is 2.25. The first kappa shape index (κ1) is 12.5. The van der Waals surface area contributed by atoms with Crippen LogP contribution in [0.3, 0.4) is 0 Å². The molecule has 1 rings (SSSR count). The minimum atomic E-state index is -0.603. The fourth-order valence-electron chi connectivity index (χ4n) is 1.29. The molecule has 86 valence electrons. The lowest BCUT2D eigenvalue weighted by atomic mass is 9.97. The zero-order valence-electron chi connectivity index (χ0n) is 9.97. The highest BCUT2D eigenvalue weighted by molar-refractivity contribution is 5.52. The highest BCUT2D eigenvalue weighted by Gasteiger charge is 2.10. The number of anilines is 1. The zero-order valence-corrected chi connectivity index (χ0v) is 9.97. The van der Waals surface area contributed by atoms with E-state index in [9.17, 15) is 4.39 Å². The molecule has 2 nitrogen and oxygen atoms in total. The Morgan fingerprint density at radius 2 is 2.06 bits per heavy atom. The lowest BCUT2D eigenvalue weighted by Crippen LogP contribution is -2.19. The summed E-state index contributed by atoms with van der Waals surface area (Å²) in [5.41, 5.74) is 1.89. The van der Waals surface area contributed by atoms with Gasteiger partial charge in [0.25, 0.3) is 0 Å². The largest absolute Gasteiger partial charge is 0.385 e. The van der Waals surface area contributed by atoms with Gasteiger partial charge in [0.05, 0.1) is 11.6 Å². The van der Waals surface area contributed by atoms with E-state index in [1.807, 2.05) is 12.1 Å². The van der Waals surface area contributed by atoms with Gasteiger partial charge in [-0.15, -0.1) is 0 Å². The molecule has 0 aromatic heterocycles. The Labute approximate surface area is 96.1 Å². The molecule has 0 aliphatic heterocycles. The van der Waals surface area contributed by atoms with Gasteiger partial charge in [-0.2, -0.15) is 5.26 Å². The number of rotatable bonds is 3. The molecule has 0 fully saturated rings. The normalized spacial score (nSPS) is 10.9. The van der Waals surface area contributed by atoms with Crippen molar-refractivity contribution in [2.45, 2.75) is 27.4 Å². The van der Waals surface area contributed by atoms with Crippen LogP contribution in [0, 0.1) is 16.7 Å². The Morgan fingerprint density at radius 1 is 1.38 bits per heavy atom. The molecule has 0 bridgehead atoms. The summed E-state index contributed by atoms with van der Waals surface area (Å²) in [4.78, 5) is 0. The van der Waals surface area contributed by atoms with Crippen molar-refractivity contribution >= 4 is 5.69 Å². The Bertz CT molecular complexity index is 399. The topological polar surface area (TPSA) is 35.8 Å². The Morgan fingerprint density at radius 3 is 2.56 bits per heavy atom. The van der Waals surface area contributed by atoms with Crippen LogP contribution in [0.4, 0.5) is 10.1 Å². The fourth-order valence-corrected chi connectivity index (χ4v) is 1.29.